The average Bonchev–Trinajstić information content (AvgIpc) is 2.15. The van der Waals surface area contributed by atoms with E-state index in [4.69, 9.17) is 0 Å². The maximum atomic E-state index is 12.5. The molecule has 1 nitrogen and oxygen atoms in total. The number of piperidine rings is 1. The van der Waals surface area contributed by atoms with E-state index in [1.54, 1.807) is 0 Å². The lowest BCUT2D eigenvalue weighted by molar-refractivity contribution is 0.0790. The summed E-state index contributed by atoms with van der Waals surface area (Å²) in [6, 6.07) is 0.121. The van der Waals surface area contributed by atoms with E-state index in [1.807, 2.05) is 6.92 Å². The number of nitrogens with zero attached hydrogens (tertiary/aromatic N) is 1. The van der Waals surface area contributed by atoms with Gasteiger partial charge in [0.1, 0.15) is 6.67 Å². The molecule has 0 spiro atoms. The highest BCUT2D eigenvalue weighted by molar-refractivity contribution is 4.82. The minimum Gasteiger partial charge on any atom is -0.298 e. The van der Waals surface area contributed by atoms with Crippen LogP contribution in [0.4, 0.5) is 4.39 Å². The fourth-order valence-corrected chi connectivity index (χ4v) is 2.30. The molecule has 1 unspecified atom stereocenters. The summed E-state index contributed by atoms with van der Waals surface area (Å²) in [5, 5.41) is 0. The maximum Gasteiger partial charge on any atom is 0.105 e. The molecule has 0 aromatic rings. The Morgan fingerprint density at radius 1 is 1.29 bits per heavy atom. The molecule has 1 aliphatic heterocycles. The maximum absolute atomic E-state index is 12.5. The third kappa shape index (κ3) is 2.94. The monoisotopic (exact) mass is 201 g/mol. The predicted molar refractivity (Wildman–Crippen MR) is 59.2 cm³/mol. The number of halogens is 1. The van der Waals surface area contributed by atoms with Gasteiger partial charge in [-0.15, -0.1) is 0 Å². The molecule has 1 heterocycles. The van der Waals surface area contributed by atoms with Gasteiger partial charge in [0.05, 0.1) is 0 Å². The predicted octanol–water partition coefficient (Wildman–Crippen LogP) is 3.10. The Hall–Kier alpha value is -0.110. The molecule has 1 atom stereocenters. The van der Waals surface area contributed by atoms with Crippen molar-refractivity contribution in [2.45, 2.75) is 46.6 Å². The molecule has 1 saturated heterocycles. The third-order valence-corrected chi connectivity index (χ3v) is 3.60. The molecule has 0 N–H and O–H groups in total. The summed E-state index contributed by atoms with van der Waals surface area (Å²) in [6.07, 6.45) is 2.46. The molecule has 0 saturated carbocycles. The van der Waals surface area contributed by atoms with Crippen LogP contribution in [0.1, 0.15) is 40.5 Å². The van der Waals surface area contributed by atoms with E-state index in [1.165, 1.54) is 12.8 Å². The van der Waals surface area contributed by atoms with Crippen molar-refractivity contribution in [2.75, 3.05) is 19.8 Å². The van der Waals surface area contributed by atoms with Crippen molar-refractivity contribution >= 4 is 0 Å². The van der Waals surface area contributed by atoms with Gasteiger partial charge in [0, 0.05) is 6.04 Å². The van der Waals surface area contributed by atoms with Gasteiger partial charge in [-0.05, 0) is 44.2 Å². The van der Waals surface area contributed by atoms with Gasteiger partial charge >= 0.3 is 0 Å². The number of hydrogen-bond acceptors (Lipinski definition) is 1. The molecule has 84 valence electrons. The second-order valence-electron chi connectivity index (χ2n) is 5.68. The minimum atomic E-state index is -0.208. The van der Waals surface area contributed by atoms with E-state index in [0.29, 0.717) is 5.41 Å². The van der Waals surface area contributed by atoms with E-state index in [2.05, 4.69) is 25.7 Å². The number of rotatable bonds is 2. The van der Waals surface area contributed by atoms with E-state index in [0.717, 1.165) is 19.0 Å². The Morgan fingerprint density at radius 2 is 1.79 bits per heavy atom. The Labute approximate surface area is 87.7 Å². The molecule has 0 bridgehead atoms. The van der Waals surface area contributed by atoms with Gasteiger partial charge in [-0.25, -0.2) is 4.39 Å². The van der Waals surface area contributed by atoms with Crippen molar-refractivity contribution in [3.8, 4) is 0 Å². The Balaban J connectivity index is 2.39. The van der Waals surface area contributed by atoms with Crippen LogP contribution in [0.3, 0.4) is 0 Å². The number of hydrogen-bond donors (Lipinski definition) is 0. The van der Waals surface area contributed by atoms with E-state index in [-0.39, 0.29) is 12.7 Å². The lowest BCUT2D eigenvalue weighted by atomic mass is 9.75. The van der Waals surface area contributed by atoms with E-state index >= 15 is 0 Å². The Kier molecular flexibility index (Phi) is 3.94. The lowest BCUT2D eigenvalue weighted by Gasteiger charge is -2.40. The molecule has 1 fully saturated rings. The van der Waals surface area contributed by atoms with Crippen molar-refractivity contribution in [3.05, 3.63) is 0 Å². The van der Waals surface area contributed by atoms with Gasteiger partial charge in [0.2, 0.25) is 0 Å². The summed E-state index contributed by atoms with van der Waals surface area (Å²) >= 11 is 0. The first-order chi connectivity index (χ1) is 6.45. The first-order valence-electron chi connectivity index (χ1n) is 5.75. The summed E-state index contributed by atoms with van der Waals surface area (Å²) < 4.78 is 12.5. The molecule has 1 aliphatic rings. The summed E-state index contributed by atoms with van der Waals surface area (Å²) in [7, 11) is 0. The van der Waals surface area contributed by atoms with Crippen LogP contribution >= 0.6 is 0 Å². The second-order valence-corrected chi connectivity index (χ2v) is 5.68. The first-order valence-corrected chi connectivity index (χ1v) is 5.75. The van der Waals surface area contributed by atoms with Crippen LogP contribution in [0, 0.1) is 11.3 Å². The van der Waals surface area contributed by atoms with E-state index < -0.39 is 0 Å². The van der Waals surface area contributed by atoms with Gasteiger partial charge in [0.25, 0.3) is 0 Å². The van der Waals surface area contributed by atoms with E-state index in [9.17, 15) is 4.39 Å². The minimum absolute atomic E-state index is 0.121. The van der Waals surface area contributed by atoms with Crippen molar-refractivity contribution < 1.29 is 4.39 Å². The summed E-state index contributed by atoms with van der Waals surface area (Å²) in [4.78, 5) is 2.28. The first kappa shape index (κ1) is 12.0. The fraction of sp³-hybridized carbons (Fsp3) is 1.00. The number of likely N-dealkylation sites (tertiary alicyclic amines) is 1. The topological polar surface area (TPSA) is 3.24 Å². The third-order valence-electron chi connectivity index (χ3n) is 3.60. The van der Waals surface area contributed by atoms with Crippen molar-refractivity contribution in [1.82, 2.24) is 4.90 Å². The molecule has 0 aromatic heterocycles. The second kappa shape index (κ2) is 4.61. The zero-order valence-electron chi connectivity index (χ0n) is 10.0. The molecule has 1 rings (SSSR count). The van der Waals surface area contributed by atoms with Crippen LogP contribution in [0.15, 0.2) is 0 Å². The summed E-state index contributed by atoms with van der Waals surface area (Å²) in [5.41, 5.74) is 0.422. The fourth-order valence-electron chi connectivity index (χ4n) is 2.30. The molecule has 0 aliphatic carbocycles. The largest absolute Gasteiger partial charge is 0.298 e. The zero-order valence-corrected chi connectivity index (χ0v) is 10.0. The molecule has 2 heteroatoms. The molecule has 0 aromatic carbocycles. The Bertz CT molecular complexity index is 166. The van der Waals surface area contributed by atoms with Gasteiger partial charge in [0.15, 0.2) is 0 Å². The van der Waals surface area contributed by atoms with Crippen LogP contribution in [0.5, 0.6) is 0 Å². The molecule has 0 radical (unpaired) electrons. The van der Waals surface area contributed by atoms with Crippen LogP contribution in [-0.4, -0.2) is 30.7 Å². The molecular weight excluding hydrogens is 177 g/mol. The molecule has 0 amide bonds. The summed E-state index contributed by atoms with van der Waals surface area (Å²) in [6.45, 7) is 10.9. The van der Waals surface area contributed by atoms with Crippen molar-refractivity contribution in [1.29, 1.82) is 0 Å². The van der Waals surface area contributed by atoms with Gasteiger partial charge in [-0.3, -0.25) is 4.90 Å². The number of alkyl halides is 1. The molecular formula is C12H24FN. The smallest absolute Gasteiger partial charge is 0.105 e. The van der Waals surface area contributed by atoms with Crippen LogP contribution in [-0.2, 0) is 0 Å². The van der Waals surface area contributed by atoms with Crippen molar-refractivity contribution in [3.63, 3.8) is 0 Å². The zero-order chi connectivity index (χ0) is 10.8. The van der Waals surface area contributed by atoms with Crippen LogP contribution in [0.25, 0.3) is 0 Å². The highest BCUT2D eigenvalue weighted by atomic mass is 19.1. The quantitative estimate of drug-likeness (QED) is 0.663. The van der Waals surface area contributed by atoms with Gasteiger partial charge in [-0.2, -0.15) is 0 Å². The standard InChI is InChI=1S/C12H24FN/c1-10(9-13)14-7-5-11(6-8-14)12(2,3)4/h10-11H,5-9H2,1-4H3. The van der Waals surface area contributed by atoms with Crippen molar-refractivity contribution in [2.24, 2.45) is 11.3 Å². The highest BCUT2D eigenvalue weighted by Crippen LogP contribution is 2.34. The Morgan fingerprint density at radius 3 is 2.14 bits per heavy atom. The molecule has 14 heavy (non-hydrogen) atoms. The van der Waals surface area contributed by atoms with Gasteiger partial charge < -0.3 is 0 Å². The highest BCUT2D eigenvalue weighted by Gasteiger charge is 2.29. The van der Waals surface area contributed by atoms with Gasteiger partial charge in [-0.1, -0.05) is 20.8 Å². The average molecular weight is 201 g/mol. The normalized spacial score (nSPS) is 23.8. The lowest BCUT2D eigenvalue weighted by Crippen LogP contribution is -2.43. The van der Waals surface area contributed by atoms with Crippen LogP contribution in [0.2, 0.25) is 0 Å². The SMILES string of the molecule is CC(CF)N1CCC(C(C)(C)C)CC1. The van der Waals surface area contributed by atoms with Crippen LogP contribution < -0.4 is 0 Å². The summed E-state index contributed by atoms with van der Waals surface area (Å²) in [5.74, 6) is 0.811.